The van der Waals surface area contributed by atoms with E-state index in [0.29, 0.717) is 56.6 Å². The number of nitrogens with zero attached hydrogens (tertiary/aromatic N) is 1. The number of carbonyl (C=O) groups excluding carboxylic acids is 3. The van der Waals surface area contributed by atoms with Crippen LogP contribution < -0.4 is 21.7 Å². The van der Waals surface area contributed by atoms with E-state index in [0.717, 1.165) is 0 Å². The molecule has 0 saturated carbocycles. The van der Waals surface area contributed by atoms with Crippen molar-refractivity contribution in [3.8, 4) is 0 Å². The minimum Gasteiger partial charge on any atom is -0.366 e. The van der Waals surface area contributed by atoms with Gasteiger partial charge in [-0.1, -0.05) is 32.0 Å². The lowest BCUT2D eigenvalue weighted by atomic mass is 9.93. The molecule has 2 aromatic heterocycles. The van der Waals surface area contributed by atoms with Crippen molar-refractivity contribution in [1.29, 1.82) is 0 Å². The smallest absolute Gasteiger partial charge is 0.324 e. The van der Waals surface area contributed by atoms with E-state index in [1.54, 1.807) is 44.2 Å². The van der Waals surface area contributed by atoms with Crippen LogP contribution in [0.25, 0.3) is 11.6 Å². The molecule has 4 rings (SSSR count). The first-order chi connectivity index (χ1) is 15.9. The summed E-state index contributed by atoms with van der Waals surface area (Å²) in [6.45, 7) is 9.47. The number of urea groups is 1. The number of aryl methyl sites for hydroxylation is 1. The summed E-state index contributed by atoms with van der Waals surface area (Å²) in [6.07, 6.45) is 1.69. The highest BCUT2D eigenvalue weighted by Gasteiger charge is 2.26. The summed E-state index contributed by atoms with van der Waals surface area (Å²) < 4.78 is 5.27. The highest BCUT2D eigenvalue weighted by molar-refractivity contribution is 6.35. The number of hydrogen-bond donors (Lipinski definition) is 5. The molecule has 1 aliphatic rings. The van der Waals surface area contributed by atoms with Crippen LogP contribution in [0.3, 0.4) is 0 Å². The number of primary amides is 1. The van der Waals surface area contributed by atoms with Crippen LogP contribution in [-0.2, 0) is 10.2 Å². The molecule has 0 unspecified atom stereocenters. The number of nitrogens with one attached hydrogen (secondary N) is 4. The molecular weight excluding hydrogens is 436 g/mol. The Morgan fingerprint density at radius 2 is 1.88 bits per heavy atom. The van der Waals surface area contributed by atoms with Crippen LogP contribution in [0.2, 0.25) is 0 Å². The number of aromatic nitrogens is 2. The highest BCUT2D eigenvalue weighted by Crippen LogP contribution is 2.36. The summed E-state index contributed by atoms with van der Waals surface area (Å²) in [7, 11) is 0. The van der Waals surface area contributed by atoms with Crippen LogP contribution in [0.15, 0.2) is 28.8 Å². The second-order valence-electron chi connectivity index (χ2n) is 9.21. The first kappa shape index (κ1) is 22.8. The standard InChI is InChI=1S/C24H26N6O4/c1-11-16(26-12(2)20(11)21(25)31)9-15-14-7-6-13(8-17(14)28-22(15)32)27-23(33)29-19-10-18(34-30-19)24(3,4)5/h6-10,26H,1-5H3,(H2,25,31)(H,28,32)(H2,27,29,30,33). The molecule has 6 N–H and O–H groups in total. The number of H-pyrrole nitrogens is 1. The van der Waals surface area contributed by atoms with Gasteiger partial charge >= 0.3 is 6.03 Å². The van der Waals surface area contributed by atoms with Gasteiger partial charge in [0.05, 0.1) is 16.8 Å². The molecule has 3 aromatic rings. The molecule has 3 heterocycles. The van der Waals surface area contributed by atoms with Crippen molar-refractivity contribution in [3.63, 3.8) is 0 Å². The average Bonchev–Trinajstić information content (AvgIpc) is 3.38. The van der Waals surface area contributed by atoms with Gasteiger partial charge in [0.25, 0.3) is 11.8 Å². The highest BCUT2D eigenvalue weighted by atomic mass is 16.5. The summed E-state index contributed by atoms with van der Waals surface area (Å²) in [5.74, 6) is 0.134. The van der Waals surface area contributed by atoms with Gasteiger partial charge in [-0.05, 0) is 37.6 Å². The Bertz CT molecular complexity index is 1360. The summed E-state index contributed by atoms with van der Waals surface area (Å²) in [5, 5.41) is 12.0. The van der Waals surface area contributed by atoms with E-state index >= 15 is 0 Å². The summed E-state index contributed by atoms with van der Waals surface area (Å²) in [6, 6.07) is 6.28. The number of fused-ring (bicyclic) bond motifs is 1. The second kappa shape index (κ2) is 8.22. The number of carbonyl (C=O) groups is 3. The number of amides is 4. The Balaban J connectivity index is 1.53. The summed E-state index contributed by atoms with van der Waals surface area (Å²) >= 11 is 0. The third-order valence-corrected chi connectivity index (χ3v) is 5.56. The summed E-state index contributed by atoms with van der Waals surface area (Å²) in [5.41, 5.74) is 9.75. The van der Waals surface area contributed by atoms with Crippen molar-refractivity contribution in [1.82, 2.24) is 10.1 Å². The molecule has 4 amide bonds. The number of benzene rings is 1. The Morgan fingerprint density at radius 3 is 2.50 bits per heavy atom. The fraction of sp³-hybridized carbons (Fsp3) is 0.250. The Kier molecular flexibility index (Phi) is 5.52. The number of aromatic amines is 1. The predicted octanol–water partition coefficient (Wildman–Crippen LogP) is 4.15. The van der Waals surface area contributed by atoms with Crippen LogP contribution in [0.1, 0.15) is 59.4 Å². The van der Waals surface area contributed by atoms with E-state index in [2.05, 4.69) is 26.1 Å². The van der Waals surface area contributed by atoms with Crippen molar-refractivity contribution in [3.05, 3.63) is 58.1 Å². The molecule has 0 bridgehead atoms. The Morgan fingerprint density at radius 1 is 1.15 bits per heavy atom. The molecule has 1 aromatic carbocycles. The van der Waals surface area contributed by atoms with Gasteiger partial charge < -0.3 is 25.9 Å². The van der Waals surface area contributed by atoms with Gasteiger partial charge in [0.1, 0.15) is 5.76 Å². The monoisotopic (exact) mass is 462 g/mol. The topological polar surface area (TPSA) is 155 Å². The SMILES string of the molecule is Cc1[nH]c(C=C2C(=O)Nc3cc(NC(=O)Nc4cc(C(C)(C)C)on4)ccc32)c(C)c1C(N)=O. The fourth-order valence-corrected chi connectivity index (χ4v) is 3.81. The Hall–Kier alpha value is -4.34. The number of nitrogens with two attached hydrogens (primary N) is 1. The normalized spacial score (nSPS) is 14.1. The average molecular weight is 463 g/mol. The quantitative estimate of drug-likeness (QED) is 0.368. The molecular formula is C24H26N6O4. The van der Waals surface area contributed by atoms with Crippen LogP contribution >= 0.6 is 0 Å². The third-order valence-electron chi connectivity index (χ3n) is 5.56. The van der Waals surface area contributed by atoms with Crippen molar-refractivity contribution in [2.24, 2.45) is 5.73 Å². The van der Waals surface area contributed by atoms with E-state index in [4.69, 9.17) is 10.3 Å². The molecule has 10 heteroatoms. The van der Waals surface area contributed by atoms with Gasteiger partial charge in [-0.3, -0.25) is 14.9 Å². The molecule has 0 fully saturated rings. The number of anilines is 3. The van der Waals surface area contributed by atoms with E-state index in [1.165, 1.54) is 0 Å². The van der Waals surface area contributed by atoms with E-state index in [9.17, 15) is 14.4 Å². The lowest BCUT2D eigenvalue weighted by molar-refractivity contribution is -0.110. The van der Waals surface area contributed by atoms with Gasteiger partial charge in [0, 0.05) is 34.1 Å². The third kappa shape index (κ3) is 4.29. The lowest BCUT2D eigenvalue weighted by Crippen LogP contribution is -2.19. The minimum atomic E-state index is -0.526. The van der Waals surface area contributed by atoms with Crippen molar-refractivity contribution < 1.29 is 18.9 Å². The minimum absolute atomic E-state index is 0.231. The van der Waals surface area contributed by atoms with E-state index in [1.807, 2.05) is 20.8 Å². The molecule has 1 aliphatic heterocycles. The maximum Gasteiger partial charge on any atom is 0.324 e. The second-order valence-corrected chi connectivity index (χ2v) is 9.21. The fourth-order valence-electron chi connectivity index (χ4n) is 3.81. The van der Waals surface area contributed by atoms with Gasteiger partial charge in [-0.2, -0.15) is 0 Å². The maximum atomic E-state index is 12.6. The number of hydrogen-bond acceptors (Lipinski definition) is 5. The zero-order valence-corrected chi connectivity index (χ0v) is 19.5. The van der Waals surface area contributed by atoms with Crippen LogP contribution in [0, 0.1) is 13.8 Å². The molecule has 0 radical (unpaired) electrons. The molecule has 0 aliphatic carbocycles. The summed E-state index contributed by atoms with van der Waals surface area (Å²) in [4.78, 5) is 39.8. The first-order valence-corrected chi connectivity index (χ1v) is 10.7. The molecule has 0 saturated heterocycles. The zero-order chi connectivity index (χ0) is 24.8. The predicted molar refractivity (Wildman–Crippen MR) is 130 cm³/mol. The van der Waals surface area contributed by atoms with E-state index in [-0.39, 0.29) is 11.3 Å². The van der Waals surface area contributed by atoms with Crippen molar-refractivity contribution in [2.75, 3.05) is 16.0 Å². The molecule has 176 valence electrons. The molecule has 34 heavy (non-hydrogen) atoms. The molecule has 10 nitrogen and oxygen atoms in total. The van der Waals surface area contributed by atoms with Gasteiger partial charge in [0.2, 0.25) is 0 Å². The van der Waals surface area contributed by atoms with Crippen LogP contribution in [0.4, 0.5) is 22.0 Å². The lowest BCUT2D eigenvalue weighted by Gasteiger charge is -2.12. The van der Waals surface area contributed by atoms with Crippen molar-refractivity contribution >= 4 is 46.7 Å². The van der Waals surface area contributed by atoms with Crippen LogP contribution in [0.5, 0.6) is 0 Å². The first-order valence-electron chi connectivity index (χ1n) is 10.7. The Labute approximate surface area is 196 Å². The van der Waals surface area contributed by atoms with Gasteiger partial charge in [-0.25, -0.2) is 4.79 Å². The largest absolute Gasteiger partial charge is 0.366 e. The zero-order valence-electron chi connectivity index (χ0n) is 19.5. The number of rotatable bonds is 4. The van der Waals surface area contributed by atoms with Gasteiger partial charge in [0.15, 0.2) is 5.82 Å². The molecule has 0 atom stereocenters. The maximum absolute atomic E-state index is 12.6. The van der Waals surface area contributed by atoms with Gasteiger partial charge in [-0.15, -0.1) is 0 Å². The van der Waals surface area contributed by atoms with Crippen molar-refractivity contribution in [2.45, 2.75) is 40.0 Å². The molecule has 0 spiro atoms. The van der Waals surface area contributed by atoms with E-state index < -0.39 is 11.9 Å². The van der Waals surface area contributed by atoms with Crippen LogP contribution in [-0.4, -0.2) is 28.0 Å².